The first-order valence-electron chi connectivity index (χ1n) is 8.49. The maximum Gasteiger partial charge on any atom is 0.307 e. The molecule has 2 aromatic carbocycles. The van der Waals surface area contributed by atoms with E-state index in [0.717, 1.165) is 6.07 Å². The molecule has 1 atom stereocenters. The lowest BCUT2D eigenvalue weighted by atomic mass is 9.72. The molecule has 0 heterocycles. The number of carbonyl (C=O) groups is 4. The van der Waals surface area contributed by atoms with Crippen LogP contribution in [0.25, 0.3) is 0 Å². The van der Waals surface area contributed by atoms with Crippen molar-refractivity contribution in [1.29, 1.82) is 0 Å². The summed E-state index contributed by atoms with van der Waals surface area (Å²) in [5.74, 6) is -5.47. The molecule has 1 aliphatic rings. The zero-order valence-electron chi connectivity index (χ0n) is 15.2. The van der Waals surface area contributed by atoms with Gasteiger partial charge in [0.15, 0.2) is 5.78 Å². The average molecular weight is 399 g/mol. The van der Waals surface area contributed by atoms with Crippen molar-refractivity contribution in [3.63, 3.8) is 0 Å². The van der Waals surface area contributed by atoms with Crippen molar-refractivity contribution in [2.45, 2.75) is 25.4 Å². The molecule has 1 aliphatic carbocycles. The van der Waals surface area contributed by atoms with Crippen molar-refractivity contribution < 1.29 is 39.6 Å². The second kappa shape index (κ2) is 6.71. The van der Waals surface area contributed by atoms with Gasteiger partial charge in [-0.3, -0.25) is 19.2 Å². The number of Topliss-reactive ketones (excluding diaryl/α,β-unsaturated/α-hetero) is 1. The van der Waals surface area contributed by atoms with Gasteiger partial charge in [0.2, 0.25) is 11.7 Å². The molecule has 0 saturated heterocycles. The van der Waals surface area contributed by atoms with Crippen molar-refractivity contribution in [1.82, 2.24) is 0 Å². The number of benzene rings is 2. The molecule has 1 amide bonds. The second-order valence-corrected chi connectivity index (χ2v) is 6.92. The van der Waals surface area contributed by atoms with Crippen LogP contribution in [-0.4, -0.2) is 43.9 Å². The fourth-order valence-corrected chi connectivity index (χ4v) is 3.65. The Labute approximate surface area is 164 Å². The summed E-state index contributed by atoms with van der Waals surface area (Å²) in [5, 5.41) is 41.2. The molecule has 0 fully saturated rings. The van der Waals surface area contributed by atoms with E-state index in [4.69, 9.17) is 5.73 Å². The summed E-state index contributed by atoms with van der Waals surface area (Å²) < 4.78 is 0. The Bertz CT molecular complexity index is 1100. The number of aliphatic carboxylic acids is 1. The van der Waals surface area contributed by atoms with Crippen LogP contribution in [0, 0.1) is 0 Å². The van der Waals surface area contributed by atoms with Crippen LogP contribution in [0.4, 0.5) is 0 Å². The van der Waals surface area contributed by atoms with E-state index in [-0.39, 0.29) is 22.3 Å². The number of phenols is 2. The van der Waals surface area contributed by atoms with Gasteiger partial charge >= 0.3 is 5.97 Å². The largest absolute Gasteiger partial charge is 0.507 e. The van der Waals surface area contributed by atoms with E-state index in [0.29, 0.717) is 0 Å². The summed E-state index contributed by atoms with van der Waals surface area (Å²) in [4.78, 5) is 47.9. The summed E-state index contributed by atoms with van der Waals surface area (Å²) in [5.41, 5.74) is 1.66. The summed E-state index contributed by atoms with van der Waals surface area (Å²) in [6.07, 6.45) is -1.52. The molecule has 2 aromatic rings. The number of hydrogen-bond donors (Lipinski definition) is 5. The molecule has 0 radical (unpaired) electrons. The Morgan fingerprint density at radius 3 is 2.34 bits per heavy atom. The third-order valence-corrected chi connectivity index (χ3v) is 4.88. The van der Waals surface area contributed by atoms with Gasteiger partial charge in [-0.05, 0) is 18.6 Å². The Morgan fingerprint density at radius 1 is 1.10 bits per heavy atom. The number of primary amides is 1. The van der Waals surface area contributed by atoms with Gasteiger partial charge in [0, 0.05) is 11.1 Å². The zero-order valence-corrected chi connectivity index (χ0v) is 15.2. The molecular formula is C20H17NO8. The number of aliphatic hydroxyl groups is 1. The third-order valence-electron chi connectivity index (χ3n) is 4.88. The highest BCUT2D eigenvalue weighted by Crippen LogP contribution is 2.47. The van der Waals surface area contributed by atoms with Crippen molar-refractivity contribution >= 4 is 23.4 Å². The molecule has 0 aromatic heterocycles. The van der Waals surface area contributed by atoms with E-state index in [1.54, 1.807) is 0 Å². The highest BCUT2D eigenvalue weighted by atomic mass is 16.4. The predicted molar refractivity (Wildman–Crippen MR) is 97.8 cm³/mol. The number of ketones is 2. The van der Waals surface area contributed by atoms with Crippen LogP contribution >= 0.6 is 0 Å². The minimum Gasteiger partial charge on any atom is -0.507 e. The van der Waals surface area contributed by atoms with Gasteiger partial charge in [-0.25, -0.2) is 0 Å². The topological polar surface area (TPSA) is 175 Å². The molecular weight excluding hydrogens is 382 g/mol. The molecule has 0 saturated carbocycles. The minimum atomic E-state index is -1.88. The third kappa shape index (κ3) is 3.11. The summed E-state index contributed by atoms with van der Waals surface area (Å²) in [7, 11) is 0. The Hall–Kier alpha value is -3.72. The lowest BCUT2D eigenvalue weighted by Crippen LogP contribution is -2.34. The smallest absolute Gasteiger partial charge is 0.307 e. The lowest BCUT2D eigenvalue weighted by molar-refractivity contribution is -0.136. The van der Waals surface area contributed by atoms with Crippen LogP contribution in [0.2, 0.25) is 0 Å². The van der Waals surface area contributed by atoms with Gasteiger partial charge in [0.25, 0.3) is 0 Å². The number of nitrogens with two attached hydrogens (primary N) is 1. The van der Waals surface area contributed by atoms with E-state index in [1.807, 2.05) is 0 Å². The van der Waals surface area contributed by atoms with Crippen LogP contribution < -0.4 is 5.73 Å². The molecule has 9 heteroatoms. The number of phenolic OH excluding ortho intramolecular Hbond substituents is 2. The Morgan fingerprint density at radius 2 is 1.76 bits per heavy atom. The molecule has 0 unspecified atom stereocenters. The fourth-order valence-electron chi connectivity index (χ4n) is 3.65. The van der Waals surface area contributed by atoms with Crippen LogP contribution in [0.1, 0.15) is 56.3 Å². The van der Waals surface area contributed by atoms with Gasteiger partial charge < -0.3 is 26.2 Å². The lowest BCUT2D eigenvalue weighted by Gasteiger charge is -2.34. The highest BCUT2D eigenvalue weighted by molar-refractivity contribution is 6.19. The van der Waals surface area contributed by atoms with Crippen molar-refractivity contribution in [3.8, 4) is 11.5 Å². The fraction of sp³-hybridized carbons (Fsp3) is 0.200. The van der Waals surface area contributed by atoms with Crippen molar-refractivity contribution in [3.05, 3.63) is 57.6 Å². The number of carboxylic acid groups (broad SMARTS) is 1. The van der Waals surface area contributed by atoms with Gasteiger partial charge in [-0.1, -0.05) is 18.2 Å². The highest BCUT2D eigenvalue weighted by Gasteiger charge is 2.43. The minimum absolute atomic E-state index is 0.0619. The van der Waals surface area contributed by atoms with Crippen molar-refractivity contribution in [2.75, 3.05) is 0 Å². The van der Waals surface area contributed by atoms with E-state index in [9.17, 15) is 39.6 Å². The summed E-state index contributed by atoms with van der Waals surface area (Å²) in [6.45, 7) is 1.31. The average Bonchev–Trinajstić information content (AvgIpc) is 2.58. The normalized spacial score (nSPS) is 17.4. The predicted octanol–water partition coefficient (Wildman–Crippen LogP) is 0.583. The number of rotatable bonds is 5. The van der Waals surface area contributed by atoms with E-state index in [1.165, 1.54) is 25.1 Å². The molecule has 3 rings (SSSR count). The van der Waals surface area contributed by atoms with Gasteiger partial charge in [0.05, 0.1) is 29.5 Å². The summed E-state index contributed by atoms with van der Waals surface area (Å²) in [6, 6.07) is 5.20. The van der Waals surface area contributed by atoms with E-state index >= 15 is 0 Å². The van der Waals surface area contributed by atoms with Crippen LogP contribution in [0.3, 0.4) is 0 Å². The molecule has 0 bridgehead atoms. The maximum absolute atomic E-state index is 13.0. The number of carboxylic acids is 1. The number of hydrogen-bond acceptors (Lipinski definition) is 7. The Balaban J connectivity index is 2.38. The molecule has 29 heavy (non-hydrogen) atoms. The number of amides is 1. The number of aromatic hydroxyl groups is 2. The molecule has 6 N–H and O–H groups in total. The molecule has 150 valence electrons. The van der Waals surface area contributed by atoms with E-state index in [2.05, 4.69) is 0 Å². The number of carbonyl (C=O) groups excluding carboxylic acids is 3. The maximum atomic E-state index is 13.0. The van der Waals surface area contributed by atoms with Gasteiger partial charge in [0.1, 0.15) is 17.1 Å². The first-order valence-corrected chi connectivity index (χ1v) is 8.49. The van der Waals surface area contributed by atoms with Gasteiger partial charge in [-0.2, -0.15) is 0 Å². The van der Waals surface area contributed by atoms with Crippen LogP contribution in [-0.2, 0) is 21.6 Å². The number of fused-ring (bicyclic) bond motifs is 2. The first kappa shape index (κ1) is 20.0. The van der Waals surface area contributed by atoms with Crippen molar-refractivity contribution in [2.24, 2.45) is 5.73 Å². The van der Waals surface area contributed by atoms with Crippen LogP contribution in [0.15, 0.2) is 24.3 Å². The summed E-state index contributed by atoms with van der Waals surface area (Å²) >= 11 is 0. The van der Waals surface area contributed by atoms with Gasteiger partial charge in [-0.15, -0.1) is 0 Å². The molecule has 9 nitrogen and oxygen atoms in total. The first-order chi connectivity index (χ1) is 13.5. The standard InChI is InChI=1S/C20H17NO8/c1-20(29)9-3-2-4-11(22)16(9)19(28)17-10(20)5-8(6-14(25)26)15(18(17)27)12(23)7-13(21)24/h2-5,22,27,29H,6-7H2,1H3,(H2,21,24)(H,25,26)/t20-/m1/s1. The van der Waals surface area contributed by atoms with E-state index < -0.39 is 64.5 Å². The second-order valence-electron chi connectivity index (χ2n) is 6.92. The zero-order chi connectivity index (χ0) is 21.7. The molecule has 0 aliphatic heterocycles. The SMILES string of the molecule is C[C@@]1(O)c2cccc(O)c2C(=O)c2c1cc(CC(=O)O)c(C(=O)CC(N)=O)c2O. The van der Waals surface area contributed by atoms with Crippen LogP contribution in [0.5, 0.6) is 11.5 Å². The quantitative estimate of drug-likeness (QED) is 0.358. The monoisotopic (exact) mass is 399 g/mol. The molecule has 0 spiro atoms. The Kier molecular flexibility index (Phi) is 4.63.